The fraction of sp³-hybridized carbons (Fsp3) is 0.778. The molecule has 3 atom stereocenters. The Kier molecular flexibility index (Phi) is 9.44. The lowest BCUT2D eigenvalue weighted by molar-refractivity contribution is 0.0360. The van der Waals surface area contributed by atoms with Crippen molar-refractivity contribution in [2.45, 2.75) is 26.8 Å². The first kappa shape index (κ1) is 20.1. The predicted molar refractivity (Wildman–Crippen MR) is 92.9 cm³/mol. The van der Waals surface area contributed by atoms with Gasteiger partial charge in [-0.3, -0.25) is 4.90 Å². The maximum Gasteiger partial charge on any atom is 0.111 e. The van der Waals surface area contributed by atoms with Crippen LogP contribution in [0.4, 0.5) is 4.39 Å². The van der Waals surface area contributed by atoms with E-state index < -0.39 is 0 Å². The molecule has 0 bridgehead atoms. The summed E-state index contributed by atoms with van der Waals surface area (Å²) < 4.78 is 23.4. The lowest BCUT2D eigenvalue weighted by atomic mass is 9.84. The molecule has 5 heteroatoms. The number of halogens is 1. The highest BCUT2D eigenvalue weighted by Gasteiger charge is 2.34. The molecular formula is C18H33FN2O2. The highest BCUT2D eigenvalue weighted by Crippen LogP contribution is 2.29. The van der Waals surface area contributed by atoms with Gasteiger partial charge in [0, 0.05) is 38.7 Å². The Morgan fingerprint density at radius 1 is 1.35 bits per heavy atom. The SMILES string of the molecule is CNCC1CN(C(C)C(/C=C/F)C(C)/C=C(\C)OCCOC)C1. The van der Waals surface area contributed by atoms with E-state index in [-0.39, 0.29) is 11.8 Å². The predicted octanol–water partition coefficient (Wildman–Crippen LogP) is 2.83. The van der Waals surface area contributed by atoms with E-state index in [2.05, 4.69) is 30.1 Å². The molecule has 23 heavy (non-hydrogen) atoms. The molecule has 0 aromatic rings. The quantitative estimate of drug-likeness (QED) is 0.467. The fourth-order valence-corrected chi connectivity index (χ4v) is 3.28. The molecule has 0 aromatic heterocycles. The Morgan fingerprint density at radius 2 is 2.04 bits per heavy atom. The molecule has 0 aliphatic carbocycles. The smallest absolute Gasteiger partial charge is 0.111 e. The summed E-state index contributed by atoms with van der Waals surface area (Å²) in [4.78, 5) is 2.43. The number of allylic oxidation sites excluding steroid dienone is 2. The van der Waals surface area contributed by atoms with Crippen LogP contribution in [0.2, 0.25) is 0 Å². The molecule has 1 aliphatic heterocycles. The number of likely N-dealkylation sites (tertiary alicyclic amines) is 1. The zero-order valence-electron chi connectivity index (χ0n) is 15.2. The zero-order chi connectivity index (χ0) is 17.2. The van der Waals surface area contributed by atoms with Gasteiger partial charge in [-0.2, -0.15) is 0 Å². The summed E-state index contributed by atoms with van der Waals surface area (Å²) in [6, 6.07) is 0.313. The van der Waals surface area contributed by atoms with Crippen LogP contribution in [-0.2, 0) is 9.47 Å². The Labute approximate surface area is 140 Å². The molecular weight excluding hydrogens is 295 g/mol. The van der Waals surface area contributed by atoms with Gasteiger partial charge in [-0.05, 0) is 38.8 Å². The average molecular weight is 328 g/mol. The van der Waals surface area contributed by atoms with Crippen LogP contribution in [0.1, 0.15) is 20.8 Å². The lowest BCUT2D eigenvalue weighted by Crippen LogP contribution is -2.56. The number of rotatable bonds is 11. The van der Waals surface area contributed by atoms with Crippen molar-refractivity contribution in [3.63, 3.8) is 0 Å². The van der Waals surface area contributed by atoms with Crippen LogP contribution in [0.3, 0.4) is 0 Å². The van der Waals surface area contributed by atoms with Gasteiger partial charge in [0.1, 0.15) is 6.61 Å². The molecule has 0 spiro atoms. The van der Waals surface area contributed by atoms with E-state index in [1.807, 2.05) is 14.0 Å². The van der Waals surface area contributed by atoms with E-state index in [1.165, 1.54) is 0 Å². The van der Waals surface area contributed by atoms with Gasteiger partial charge < -0.3 is 14.8 Å². The minimum Gasteiger partial charge on any atom is -0.496 e. The number of nitrogens with zero attached hydrogens (tertiary/aromatic N) is 1. The summed E-state index contributed by atoms with van der Waals surface area (Å²) in [5.41, 5.74) is 0. The summed E-state index contributed by atoms with van der Waals surface area (Å²) in [6.45, 7) is 10.6. The van der Waals surface area contributed by atoms with E-state index in [0.717, 1.165) is 25.4 Å². The van der Waals surface area contributed by atoms with Gasteiger partial charge in [-0.15, -0.1) is 0 Å². The second-order valence-electron chi connectivity index (χ2n) is 6.49. The van der Waals surface area contributed by atoms with E-state index in [9.17, 15) is 4.39 Å². The summed E-state index contributed by atoms with van der Waals surface area (Å²) >= 11 is 0. The second-order valence-corrected chi connectivity index (χ2v) is 6.49. The first-order valence-corrected chi connectivity index (χ1v) is 8.49. The standard InChI is InChI=1S/C18H33FN2O2/c1-14(10-15(2)23-9-8-22-5)18(6-7-19)16(3)21-12-17(13-21)11-20-4/h6-7,10,14,16-18,20H,8-9,11-13H2,1-5H3/b7-6+,15-10+. The normalized spacial score (nSPS) is 21.2. The molecule has 134 valence electrons. The van der Waals surface area contributed by atoms with Crippen molar-refractivity contribution in [1.82, 2.24) is 10.2 Å². The van der Waals surface area contributed by atoms with Crippen LogP contribution in [-0.4, -0.2) is 57.9 Å². The van der Waals surface area contributed by atoms with Gasteiger partial charge in [0.2, 0.25) is 0 Å². The molecule has 3 unspecified atom stereocenters. The molecule has 1 N–H and O–H groups in total. The summed E-state index contributed by atoms with van der Waals surface area (Å²) in [7, 11) is 3.64. The molecule has 0 aromatic carbocycles. The van der Waals surface area contributed by atoms with Crippen molar-refractivity contribution in [3.8, 4) is 0 Å². The van der Waals surface area contributed by atoms with Crippen molar-refractivity contribution in [2.75, 3.05) is 47.0 Å². The molecule has 1 rings (SSSR count). The maximum absolute atomic E-state index is 12.9. The van der Waals surface area contributed by atoms with Crippen molar-refractivity contribution >= 4 is 0 Å². The number of hydrogen-bond donors (Lipinski definition) is 1. The third-order valence-electron chi connectivity index (χ3n) is 4.63. The number of ether oxygens (including phenoxy) is 2. The average Bonchev–Trinajstić information content (AvgIpc) is 2.47. The van der Waals surface area contributed by atoms with Crippen LogP contribution in [0.5, 0.6) is 0 Å². The molecule has 0 saturated carbocycles. The molecule has 1 aliphatic rings. The van der Waals surface area contributed by atoms with Crippen molar-refractivity contribution in [1.29, 1.82) is 0 Å². The third-order valence-corrected chi connectivity index (χ3v) is 4.63. The fourth-order valence-electron chi connectivity index (χ4n) is 3.28. The first-order chi connectivity index (χ1) is 11.0. The van der Waals surface area contributed by atoms with Crippen molar-refractivity contribution < 1.29 is 13.9 Å². The topological polar surface area (TPSA) is 33.7 Å². The Hall–Kier alpha value is -0.910. The first-order valence-electron chi connectivity index (χ1n) is 8.49. The van der Waals surface area contributed by atoms with Crippen molar-refractivity contribution in [2.24, 2.45) is 17.8 Å². The summed E-state index contributed by atoms with van der Waals surface area (Å²) in [6.07, 6.45) is 4.44. The Morgan fingerprint density at radius 3 is 2.61 bits per heavy atom. The zero-order valence-corrected chi connectivity index (χ0v) is 15.2. The largest absolute Gasteiger partial charge is 0.496 e. The molecule has 0 radical (unpaired) electrons. The minimum atomic E-state index is 0.136. The van der Waals surface area contributed by atoms with Crippen LogP contribution in [0, 0.1) is 17.8 Å². The second kappa shape index (κ2) is 10.8. The van der Waals surface area contributed by atoms with E-state index in [1.54, 1.807) is 13.2 Å². The van der Waals surface area contributed by atoms with Crippen molar-refractivity contribution in [3.05, 3.63) is 24.2 Å². The number of nitrogens with one attached hydrogen (secondary N) is 1. The third kappa shape index (κ3) is 6.61. The Balaban J connectivity index is 2.57. The van der Waals surface area contributed by atoms with Crippen LogP contribution in [0.25, 0.3) is 0 Å². The minimum absolute atomic E-state index is 0.136. The summed E-state index contributed by atoms with van der Waals surface area (Å²) in [5.74, 6) is 1.93. The Bertz CT molecular complexity index is 381. The van der Waals surface area contributed by atoms with Crippen LogP contribution >= 0.6 is 0 Å². The summed E-state index contributed by atoms with van der Waals surface area (Å²) in [5, 5.41) is 3.22. The van der Waals surface area contributed by atoms with Gasteiger partial charge in [0.05, 0.1) is 18.7 Å². The van der Waals surface area contributed by atoms with Gasteiger partial charge in [0.15, 0.2) is 0 Å². The van der Waals surface area contributed by atoms with E-state index in [0.29, 0.717) is 31.5 Å². The van der Waals surface area contributed by atoms with Gasteiger partial charge in [-0.1, -0.05) is 13.0 Å². The number of methoxy groups -OCH3 is 1. The van der Waals surface area contributed by atoms with Gasteiger partial charge >= 0.3 is 0 Å². The monoisotopic (exact) mass is 328 g/mol. The number of hydrogen-bond acceptors (Lipinski definition) is 4. The van der Waals surface area contributed by atoms with E-state index >= 15 is 0 Å². The van der Waals surface area contributed by atoms with Crippen LogP contribution in [0.15, 0.2) is 24.2 Å². The van der Waals surface area contributed by atoms with E-state index in [4.69, 9.17) is 9.47 Å². The van der Waals surface area contributed by atoms with Crippen LogP contribution < -0.4 is 5.32 Å². The molecule has 0 amide bonds. The highest BCUT2D eigenvalue weighted by atomic mass is 19.1. The molecule has 1 saturated heterocycles. The lowest BCUT2D eigenvalue weighted by Gasteiger charge is -2.46. The molecule has 4 nitrogen and oxygen atoms in total. The van der Waals surface area contributed by atoms with Gasteiger partial charge in [0.25, 0.3) is 0 Å². The highest BCUT2D eigenvalue weighted by molar-refractivity contribution is 5.04. The maximum atomic E-state index is 12.9. The molecule has 1 fully saturated rings. The van der Waals surface area contributed by atoms with Gasteiger partial charge in [-0.25, -0.2) is 4.39 Å². The molecule has 1 heterocycles.